The van der Waals surface area contributed by atoms with Gasteiger partial charge in [-0.05, 0) is 31.2 Å². The Morgan fingerprint density at radius 2 is 1.86 bits per heavy atom. The Hall–Kier alpha value is -0.120. The molecule has 0 aromatic heterocycles. The zero-order valence-electron chi connectivity index (χ0n) is 9.00. The van der Waals surface area contributed by atoms with E-state index in [0.717, 1.165) is 38.5 Å². The van der Waals surface area contributed by atoms with Gasteiger partial charge in [0, 0.05) is 12.8 Å². The predicted octanol–water partition coefficient (Wildman–Crippen LogP) is 1.51. The summed E-state index contributed by atoms with van der Waals surface area (Å²) in [4.78, 5) is 0. The highest BCUT2D eigenvalue weighted by molar-refractivity contribution is 4.84. The minimum absolute atomic E-state index is 0.204. The van der Waals surface area contributed by atoms with Crippen molar-refractivity contribution >= 4 is 0 Å². The van der Waals surface area contributed by atoms with Crippen LogP contribution in [0.4, 0.5) is 0 Å². The lowest BCUT2D eigenvalue weighted by Crippen LogP contribution is -2.37. The zero-order chi connectivity index (χ0) is 10.0. The van der Waals surface area contributed by atoms with Gasteiger partial charge in [-0.2, -0.15) is 0 Å². The van der Waals surface area contributed by atoms with Crippen molar-refractivity contribution in [2.45, 2.75) is 38.4 Å². The van der Waals surface area contributed by atoms with Gasteiger partial charge >= 0.3 is 0 Å². The summed E-state index contributed by atoms with van der Waals surface area (Å²) in [6.07, 6.45) is 4.53. The molecule has 1 spiro atoms. The average Bonchev–Trinajstić information content (AvgIpc) is 2.67. The van der Waals surface area contributed by atoms with Crippen LogP contribution in [0.2, 0.25) is 0 Å². The van der Waals surface area contributed by atoms with Gasteiger partial charge in [-0.15, -0.1) is 0 Å². The normalized spacial score (nSPS) is 29.6. The third kappa shape index (κ3) is 1.95. The Morgan fingerprint density at radius 1 is 1.29 bits per heavy atom. The van der Waals surface area contributed by atoms with Crippen LogP contribution in [0.3, 0.4) is 0 Å². The number of rotatable bonds is 2. The summed E-state index contributed by atoms with van der Waals surface area (Å²) in [5, 5.41) is 0. The molecule has 2 aliphatic rings. The lowest BCUT2D eigenvalue weighted by Gasteiger charge is -2.37. The molecule has 0 amide bonds. The first-order valence-electron chi connectivity index (χ1n) is 5.74. The van der Waals surface area contributed by atoms with Crippen LogP contribution in [0, 0.1) is 11.8 Å². The van der Waals surface area contributed by atoms with E-state index in [1.165, 1.54) is 12.8 Å². The molecule has 0 radical (unpaired) electrons. The molecule has 2 fully saturated rings. The van der Waals surface area contributed by atoms with Gasteiger partial charge in [0.2, 0.25) is 0 Å². The maximum absolute atomic E-state index is 5.69. The summed E-state index contributed by atoms with van der Waals surface area (Å²) < 4.78 is 11.4. The molecule has 2 rings (SSSR count). The first-order chi connectivity index (χ1) is 6.76. The molecular weight excluding hydrogens is 178 g/mol. The lowest BCUT2D eigenvalue weighted by atomic mass is 9.78. The fraction of sp³-hybridized carbons (Fsp3) is 1.00. The summed E-state index contributed by atoms with van der Waals surface area (Å²) >= 11 is 0. The molecule has 1 aliphatic carbocycles. The van der Waals surface area contributed by atoms with Crippen LogP contribution in [0.1, 0.15) is 32.6 Å². The smallest absolute Gasteiger partial charge is 0.168 e. The summed E-state index contributed by atoms with van der Waals surface area (Å²) in [6.45, 7) is 4.60. The molecule has 1 atom stereocenters. The minimum Gasteiger partial charge on any atom is -0.348 e. The van der Waals surface area contributed by atoms with Crippen LogP contribution in [-0.4, -0.2) is 25.5 Å². The second-order valence-electron chi connectivity index (χ2n) is 4.66. The van der Waals surface area contributed by atoms with Crippen molar-refractivity contribution < 1.29 is 9.47 Å². The maximum atomic E-state index is 5.69. The van der Waals surface area contributed by atoms with E-state index in [4.69, 9.17) is 15.2 Å². The van der Waals surface area contributed by atoms with E-state index in [1.807, 2.05) is 0 Å². The molecule has 1 aliphatic heterocycles. The summed E-state index contributed by atoms with van der Waals surface area (Å²) in [5.41, 5.74) is 5.69. The van der Waals surface area contributed by atoms with Gasteiger partial charge in [0.05, 0.1) is 13.2 Å². The third-order valence-corrected chi connectivity index (χ3v) is 3.78. The Labute approximate surface area is 85.9 Å². The molecule has 1 heterocycles. The van der Waals surface area contributed by atoms with E-state index in [-0.39, 0.29) is 5.79 Å². The number of hydrogen-bond acceptors (Lipinski definition) is 3. The van der Waals surface area contributed by atoms with Gasteiger partial charge in [-0.1, -0.05) is 6.92 Å². The largest absolute Gasteiger partial charge is 0.348 e. The number of nitrogens with two attached hydrogens (primary N) is 1. The summed E-state index contributed by atoms with van der Waals surface area (Å²) in [5.74, 6) is 1.22. The molecule has 14 heavy (non-hydrogen) atoms. The Kier molecular flexibility index (Phi) is 3.10. The van der Waals surface area contributed by atoms with Gasteiger partial charge in [-0.3, -0.25) is 0 Å². The van der Waals surface area contributed by atoms with Gasteiger partial charge in [0.1, 0.15) is 0 Å². The SMILES string of the molecule is CC(CN)C1CCC2(CC1)OCCO2. The van der Waals surface area contributed by atoms with Gasteiger partial charge in [0.15, 0.2) is 5.79 Å². The quantitative estimate of drug-likeness (QED) is 0.733. The number of ether oxygens (including phenoxy) is 2. The zero-order valence-corrected chi connectivity index (χ0v) is 9.00. The average molecular weight is 199 g/mol. The van der Waals surface area contributed by atoms with E-state index in [1.54, 1.807) is 0 Å². The van der Waals surface area contributed by atoms with E-state index in [2.05, 4.69) is 6.92 Å². The van der Waals surface area contributed by atoms with Crippen LogP contribution in [-0.2, 0) is 9.47 Å². The van der Waals surface area contributed by atoms with Crippen LogP contribution < -0.4 is 5.73 Å². The molecule has 1 saturated heterocycles. The summed E-state index contributed by atoms with van der Waals surface area (Å²) in [6, 6.07) is 0. The highest BCUT2D eigenvalue weighted by Crippen LogP contribution is 2.40. The second kappa shape index (κ2) is 4.17. The standard InChI is InChI=1S/C11H21NO2/c1-9(8-12)10-2-4-11(5-3-10)13-6-7-14-11/h9-10H,2-8,12H2,1H3. The topological polar surface area (TPSA) is 44.5 Å². The van der Waals surface area contributed by atoms with E-state index >= 15 is 0 Å². The van der Waals surface area contributed by atoms with E-state index < -0.39 is 0 Å². The highest BCUT2D eigenvalue weighted by atomic mass is 16.7. The molecule has 0 bridgehead atoms. The lowest BCUT2D eigenvalue weighted by molar-refractivity contribution is -0.184. The molecule has 0 aromatic rings. The molecule has 1 unspecified atom stereocenters. The second-order valence-corrected chi connectivity index (χ2v) is 4.66. The Morgan fingerprint density at radius 3 is 2.36 bits per heavy atom. The number of hydrogen-bond donors (Lipinski definition) is 1. The molecule has 0 aromatic carbocycles. The van der Waals surface area contributed by atoms with Crippen molar-refractivity contribution in [3.8, 4) is 0 Å². The highest BCUT2D eigenvalue weighted by Gasteiger charge is 2.40. The Bertz CT molecular complexity index is 180. The van der Waals surface area contributed by atoms with E-state index in [9.17, 15) is 0 Å². The van der Waals surface area contributed by atoms with Gasteiger partial charge in [0.25, 0.3) is 0 Å². The Balaban J connectivity index is 1.85. The van der Waals surface area contributed by atoms with Crippen LogP contribution in [0.5, 0.6) is 0 Å². The molecular formula is C11H21NO2. The minimum atomic E-state index is -0.204. The van der Waals surface area contributed by atoms with Crippen molar-refractivity contribution in [2.24, 2.45) is 17.6 Å². The van der Waals surface area contributed by atoms with Crippen molar-refractivity contribution in [2.75, 3.05) is 19.8 Å². The van der Waals surface area contributed by atoms with Gasteiger partial charge < -0.3 is 15.2 Å². The van der Waals surface area contributed by atoms with Crippen molar-refractivity contribution in [3.05, 3.63) is 0 Å². The van der Waals surface area contributed by atoms with Crippen LogP contribution in [0.25, 0.3) is 0 Å². The molecule has 3 nitrogen and oxygen atoms in total. The molecule has 2 N–H and O–H groups in total. The summed E-state index contributed by atoms with van der Waals surface area (Å²) in [7, 11) is 0. The first-order valence-corrected chi connectivity index (χ1v) is 5.74. The monoisotopic (exact) mass is 199 g/mol. The predicted molar refractivity (Wildman–Crippen MR) is 54.8 cm³/mol. The van der Waals surface area contributed by atoms with Crippen LogP contribution in [0.15, 0.2) is 0 Å². The molecule has 3 heteroatoms. The van der Waals surface area contributed by atoms with Crippen molar-refractivity contribution in [1.29, 1.82) is 0 Å². The van der Waals surface area contributed by atoms with E-state index in [0.29, 0.717) is 5.92 Å². The van der Waals surface area contributed by atoms with Crippen molar-refractivity contribution in [1.82, 2.24) is 0 Å². The first kappa shape index (κ1) is 10.4. The molecule has 82 valence electrons. The van der Waals surface area contributed by atoms with Gasteiger partial charge in [-0.25, -0.2) is 0 Å². The third-order valence-electron chi connectivity index (χ3n) is 3.78. The maximum Gasteiger partial charge on any atom is 0.168 e. The molecule has 1 saturated carbocycles. The fourth-order valence-electron chi connectivity index (χ4n) is 2.63. The van der Waals surface area contributed by atoms with Crippen molar-refractivity contribution in [3.63, 3.8) is 0 Å². The fourth-order valence-corrected chi connectivity index (χ4v) is 2.63. The van der Waals surface area contributed by atoms with Crippen LogP contribution >= 0.6 is 0 Å².